The van der Waals surface area contributed by atoms with E-state index in [1.807, 2.05) is 25.8 Å². The number of carbonyl (C=O) groups is 1. The van der Waals surface area contributed by atoms with E-state index in [2.05, 4.69) is 0 Å². The van der Waals surface area contributed by atoms with Gasteiger partial charge in [0.25, 0.3) is 0 Å². The largest absolute Gasteiger partial charge is 0.468 e. The van der Waals surface area contributed by atoms with Gasteiger partial charge in [-0.3, -0.25) is 9.63 Å². The third-order valence-electron chi connectivity index (χ3n) is 5.83. The number of esters is 1. The topological polar surface area (TPSA) is 48.0 Å². The third kappa shape index (κ3) is 1.58. The quantitative estimate of drug-likeness (QED) is 0.575. The maximum Gasteiger partial charge on any atom is 0.318 e. The lowest BCUT2D eigenvalue weighted by Gasteiger charge is -2.56. The van der Waals surface area contributed by atoms with Gasteiger partial charge < -0.3 is 9.47 Å². The predicted octanol–water partition coefficient (Wildman–Crippen LogP) is 2.47. The third-order valence-corrected chi connectivity index (χ3v) is 6.63. The molecule has 2 heterocycles. The second-order valence-corrected chi connectivity index (χ2v) is 8.78. The second kappa shape index (κ2) is 4.18. The fourth-order valence-corrected chi connectivity index (χ4v) is 5.50. The molecule has 6 heteroatoms. The summed E-state index contributed by atoms with van der Waals surface area (Å²) in [6.07, 6.45) is 3.60. The van der Waals surface area contributed by atoms with Gasteiger partial charge in [0, 0.05) is 12.0 Å². The molecule has 0 radical (unpaired) electrons. The fraction of sp³-hybridized carbons (Fsp3) is 0.938. The van der Waals surface area contributed by atoms with Gasteiger partial charge in [0.2, 0.25) is 0 Å². The normalized spacial score (nSPS) is 45.3. The van der Waals surface area contributed by atoms with Crippen LogP contribution < -0.4 is 0 Å². The van der Waals surface area contributed by atoms with Crippen molar-refractivity contribution in [2.45, 2.75) is 69.3 Å². The lowest BCUT2D eigenvalue weighted by atomic mass is 9.53. The highest BCUT2D eigenvalue weighted by molar-refractivity contribution is 6.27. The van der Waals surface area contributed by atoms with E-state index in [0.717, 1.165) is 32.2 Å². The number of methoxy groups -OCH3 is 1. The van der Waals surface area contributed by atoms with Crippen LogP contribution in [0.1, 0.15) is 46.5 Å². The first kappa shape index (κ1) is 15.2. The Kier molecular flexibility index (Phi) is 2.89. The Bertz CT molecular complexity index is 529. The first-order chi connectivity index (χ1) is 10.2. The van der Waals surface area contributed by atoms with E-state index in [9.17, 15) is 4.79 Å². The Morgan fingerprint density at radius 2 is 2.05 bits per heavy atom. The second-order valence-electron chi connectivity index (χ2n) is 8.25. The summed E-state index contributed by atoms with van der Waals surface area (Å²) in [6, 6.07) is -0.150. The van der Waals surface area contributed by atoms with E-state index < -0.39 is 10.5 Å². The van der Waals surface area contributed by atoms with Crippen molar-refractivity contribution >= 4 is 17.6 Å². The zero-order chi connectivity index (χ0) is 16.0. The van der Waals surface area contributed by atoms with Gasteiger partial charge in [-0.1, -0.05) is 11.6 Å². The van der Waals surface area contributed by atoms with Gasteiger partial charge in [-0.25, -0.2) is 0 Å². The van der Waals surface area contributed by atoms with Crippen molar-refractivity contribution in [2.24, 2.45) is 10.8 Å². The number of rotatable bonds is 2. The average molecular weight is 330 g/mol. The minimum Gasteiger partial charge on any atom is -0.468 e. The maximum absolute atomic E-state index is 12.7. The van der Waals surface area contributed by atoms with Crippen LogP contribution in [0.15, 0.2) is 0 Å². The van der Waals surface area contributed by atoms with E-state index >= 15 is 0 Å². The maximum atomic E-state index is 12.7. The average Bonchev–Trinajstić information content (AvgIpc) is 3.10. The summed E-state index contributed by atoms with van der Waals surface area (Å²) < 4.78 is 11.4. The summed E-state index contributed by atoms with van der Waals surface area (Å²) in [5, 5.41) is 0.949. The van der Waals surface area contributed by atoms with Crippen LogP contribution in [-0.2, 0) is 19.1 Å². The molecule has 2 saturated carbocycles. The molecule has 4 aliphatic rings. The highest BCUT2D eigenvalue weighted by Gasteiger charge is 2.90. The molecule has 0 amide bonds. The fourth-order valence-electron chi connectivity index (χ4n) is 4.90. The number of alkyl halides is 1. The highest BCUT2D eigenvalue weighted by atomic mass is 35.5. The van der Waals surface area contributed by atoms with Crippen molar-refractivity contribution in [3.05, 3.63) is 0 Å². The first-order valence-corrected chi connectivity index (χ1v) is 8.48. The number of hydrogen-bond donors (Lipinski definition) is 0. The van der Waals surface area contributed by atoms with Gasteiger partial charge in [0.1, 0.15) is 5.41 Å². The molecule has 2 aliphatic heterocycles. The number of ether oxygens (including phenoxy) is 2. The molecular weight excluding hydrogens is 306 g/mol. The Morgan fingerprint density at radius 3 is 2.59 bits per heavy atom. The summed E-state index contributed by atoms with van der Waals surface area (Å²) >= 11 is 6.91. The predicted molar refractivity (Wildman–Crippen MR) is 80.1 cm³/mol. The Hall–Kier alpha value is -0.360. The molecule has 0 unspecified atom stereocenters. The van der Waals surface area contributed by atoms with Gasteiger partial charge in [0.15, 0.2) is 5.06 Å². The number of carbonyl (C=O) groups excluding carboxylic acids is 1. The lowest BCUT2D eigenvalue weighted by molar-refractivity contribution is -0.231. The van der Waals surface area contributed by atoms with E-state index in [0.29, 0.717) is 0 Å². The number of nitrogens with zero attached hydrogens (tertiary/aromatic N) is 1. The smallest absolute Gasteiger partial charge is 0.318 e. The molecule has 5 nitrogen and oxygen atoms in total. The van der Waals surface area contributed by atoms with Crippen molar-refractivity contribution in [3.8, 4) is 0 Å². The first-order valence-electron chi connectivity index (χ1n) is 8.10. The van der Waals surface area contributed by atoms with Crippen molar-refractivity contribution in [1.82, 2.24) is 5.06 Å². The molecule has 0 N–H and O–H groups in total. The van der Waals surface area contributed by atoms with Gasteiger partial charge in [-0.15, -0.1) is 0 Å². The van der Waals surface area contributed by atoms with E-state index in [1.165, 1.54) is 7.11 Å². The number of hydrogen-bond acceptors (Lipinski definition) is 5. The molecule has 0 bridgehead atoms. The van der Waals surface area contributed by atoms with E-state index in [4.69, 9.17) is 25.9 Å². The molecule has 1 spiro atoms. The van der Waals surface area contributed by atoms with Crippen LogP contribution in [0.2, 0.25) is 0 Å². The number of halogens is 1. The van der Waals surface area contributed by atoms with Crippen molar-refractivity contribution < 1.29 is 19.1 Å². The molecule has 0 aromatic carbocycles. The zero-order valence-corrected chi connectivity index (χ0v) is 14.4. The van der Waals surface area contributed by atoms with Crippen LogP contribution in [0.4, 0.5) is 0 Å². The van der Waals surface area contributed by atoms with Crippen LogP contribution in [-0.4, -0.2) is 47.5 Å². The minimum atomic E-state index is -0.947. The summed E-state index contributed by atoms with van der Waals surface area (Å²) in [5.41, 5.74) is -1.11. The lowest BCUT2D eigenvalue weighted by Crippen LogP contribution is -2.69. The summed E-state index contributed by atoms with van der Waals surface area (Å²) in [5.74, 6) is -0.253. The SMILES string of the molecule is COC(=O)[C@]12CC3(CC3)[C@@]1(Cl)ON1CC[C@H](OC(C)(C)C)[C@H]12. The molecule has 0 aromatic rings. The molecule has 4 atom stereocenters. The molecule has 0 aromatic heterocycles. The molecular formula is C16H24ClNO4. The van der Waals surface area contributed by atoms with Crippen LogP contribution in [0.3, 0.4) is 0 Å². The Labute approximate surface area is 136 Å². The van der Waals surface area contributed by atoms with Crippen molar-refractivity contribution in [2.75, 3.05) is 13.7 Å². The van der Waals surface area contributed by atoms with Crippen LogP contribution in [0, 0.1) is 10.8 Å². The molecule has 2 saturated heterocycles. The molecule has 2 aliphatic carbocycles. The van der Waals surface area contributed by atoms with E-state index in [1.54, 1.807) is 0 Å². The van der Waals surface area contributed by atoms with Crippen LogP contribution in [0.5, 0.6) is 0 Å². The van der Waals surface area contributed by atoms with Gasteiger partial charge >= 0.3 is 5.97 Å². The standard InChI is InChI=1S/C16H24ClNO4/c1-13(2,3)21-10-5-8-18-11(10)15(12(19)20-4)9-14(6-7-14)16(15,17)22-18/h10-11H,5-9H2,1-4H3/t10-,11-,15+,16+/m0/s1. The van der Waals surface area contributed by atoms with Crippen molar-refractivity contribution in [1.29, 1.82) is 0 Å². The summed E-state index contributed by atoms with van der Waals surface area (Å²) in [7, 11) is 1.43. The summed E-state index contributed by atoms with van der Waals surface area (Å²) in [4.78, 5) is 18.8. The van der Waals surface area contributed by atoms with E-state index in [-0.39, 0.29) is 29.1 Å². The monoisotopic (exact) mass is 329 g/mol. The number of fused-ring (bicyclic) bond motifs is 4. The van der Waals surface area contributed by atoms with Crippen molar-refractivity contribution in [3.63, 3.8) is 0 Å². The van der Waals surface area contributed by atoms with Crippen LogP contribution >= 0.6 is 11.6 Å². The minimum absolute atomic E-state index is 0.0423. The Balaban J connectivity index is 1.72. The molecule has 22 heavy (non-hydrogen) atoms. The van der Waals surface area contributed by atoms with Gasteiger partial charge in [0.05, 0.1) is 24.9 Å². The summed E-state index contributed by atoms with van der Waals surface area (Å²) in [6.45, 7) is 6.85. The van der Waals surface area contributed by atoms with Gasteiger partial charge in [-0.05, 0) is 46.5 Å². The Morgan fingerprint density at radius 1 is 1.36 bits per heavy atom. The number of hydroxylamine groups is 2. The molecule has 4 fully saturated rings. The molecule has 124 valence electrons. The van der Waals surface area contributed by atoms with Gasteiger partial charge in [-0.2, -0.15) is 5.06 Å². The van der Waals surface area contributed by atoms with Crippen LogP contribution in [0.25, 0.3) is 0 Å². The molecule has 4 rings (SSSR count). The zero-order valence-electron chi connectivity index (χ0n) is 13.6. The highest BCUT2D eigenvalue weighted by Crippen LogP contribution is 2.82.